The molecule has 0 aliphatic heterocycles. The number of aromatic nitrogens is 1. The molecular formula is C15H11Cl2N3O4. The van der Waals surface area contributed by atoms with E-state index in [2.05, 4.69) is 15.6 Å². The van der Waals surface area contributed by atoms with Crippen LogP contribution < -0.4 is 10.6 Å². The van der Waals surface area contributed by atoms with Gasteiger partial charge in [-0.2, -0.15) is 0 Å². The molecule has 9 heteroatoms. The molecule has 2 aromatic rings. The van der Waals surface area contributed by atoms with Gasteiger partial charge in [-0.05, 0) is 30.3 Å². The molecule has 0 saturated carbocycles. The number of anilines is 1. The van der Waals surface area contributed by atoms with E-state index < -0.39 is 24.3 Å². The number of carbonyl (C=O) groups excluding carboxylic acids is 2. The number of aliphatic carboxylic acids is 1. The van der Waals surface area contributed by atoms with Crippen molar-refractivity contribution in [2.75, 3.05) is 11.9 Å². The highest BCUT2D eigenvalue weighted by Crippen LogP contribution is 2.24. The largest absolute Gasteiger partial charge is 0.480 e. The molecule has 0 radical (unpaired) electrons. The Balaban J connectivity index is 2.16. The Morgan fingerprint density at radius 1 is 1.04 bits per heavy atom. The summed E-state index contributed by atoms with van der Waals surface area (Å²) in [5.74, 6) is -2.25. The van der Waals surface area contributed by atoms with Gasteiger partial charge in [0.05, 0.1) is 16.3 Å². The van der Waals surface area contributed by atoms with Crippen LogP contribution in [0.5, 0.6) is 0 Å². The van der Waals surface area contributed by atoms with Gasteiger partial charge < -0.3 is 15.7 Å². The van der Waals surface area contributed by atoms with E-state index >= 15 is 0 Å². The number of hydrogen-bond donors (Lipinski definition) is 3. The van der Waals surface area contributed by atoms with Crippen LogP contribution >= 0.6 is 23.2 Å². The van der Waals surface area contributed by atoms with E-state index in [4.69, 9.17) is 28.3 Å². The number of carbonyl (C=O) groups is 3. The zero-order chi connectivity index (χ0) is 17.7. The quantitative estimate of drug-likeness (QED) is 0.703. The predicted octanol–water partition coefficient (Wildman–Crippen LogP) is 2.46. The first-order valence-electron chi connectivity index (χ1n) is 6.59. The van der Waals surface area contributed by atoms with E-state index in [9.17, 15) is 14.4 Å². The van der Waals surface area contributed by atoms with E-state index in [0.29, 0.717) is 0 Å². The molecule has 1 aromatic heterocycles. The van der Waals surface area contributed by atoms with Crippen molar-refractivity contribution in [1.29, 1.82) is 0 Å². The minimum Gasteiger partial charge on any atom is -0.480 e. The molecular weight excluding hydrogens is 357 g/mol. The summed E-state index contributed by atoms with van der Waals surface area (Å²) in [4.78, 5) is 38.3. The third-order valence-corrected chi connectivity index (χ3v) is 3.42. The maximum Gasteiger partial charge on any atom is 0.322 e. The van der Waals surface area contributed by atoms with Crippen molar-refractivity contribution >= 4 is 46.7 Å². The fraction of sp³-hybridized carbons (Fsp3) is 0.0667. The molecule has 0 fully saturated rings. The Hall–Kier alpha value is -2.64. The number of amides is 2. The summed E-state index contributed by atoms with van der Waals surface area (Å²) in [5, 5.41) is 13.8. The first kappa shape index (κ1) is 17.7. The summed E-state index contributed by atoms with van der Waals surface area (Å²) in [6, 6.07) is 7.14. The van der Waals surface area contributed by atoms with Crippen molar-refractivity contribution in [3.8, 4) is 0 Å². The number of carboxylic acid groups (broad SMARTS) is 1. The maximum absolute atomic E-state index is 12.1. The van der Waals surface area contributed by atoms with Gasteiger partial charge in [-0.15, -0.1) is 0 Å². The third kappa shape index (κ3) is 4.68. The molecule has 24 heavy (non-hydrogen) atoms. The second-order valence-corrected chi connectivity index (χ2v) is 5.39. The average Bonchev–Trinajstić information content (AvgIpc) is 2.55. The average molecular weight is 368 g/mol. The van der Waals surface area contributed by atoms with Crippen molar-refractivity contribution in [2.45, 2.75) is 0 Å². The molecule has 0 aliphatic carbocycles. The number of halogens is 2. The van der Waals surface area contributed by atoms with Crippen LogP contribution in [-0.2, 0) is 4.79 Å². The highest BCUT2D eigenvalue weighted by molar-refractivity contribution is 6.34. The van der Waals surface area contributed by atoms with Gasteiger partial charge in [0, 0.05) is 11.8 Å². The molecule has 1 heterocycles. The minimum absolute atomic E-state index is 0.158. The smallest absolute Gasteiger partial charge is 0.322 e. The molecule has 0 saturated heterocycles. The number of pyridine rings is 1. The zero-order valence-electron chi connectivity index (χ0n) is 12.0. The predicted molar refractivity (Wildman–Crippen MR) is 88.6 cm³/mol. The Morgan fingerprint density at radius 3 is 2.38 bits per heavy atom. The maximum atomic E-state index is 12.1. The highest BCUT2D eigenvalue weighted by Gasteiger charge is 2.13. The molecule has 0 atom stereocenters. The van der Waals surface area contributed by atoms with Crippen LogP contribution in [0.2, 0.25) is 10.2 Å². The van der Waals surface area contributed by atoms with Crippen LogP contribution in [0.1, 0.15) is 20.7 Å². The Kier molecular flexibility index (Phi) is 5.73. The zero-order valence-corrected chi connectivity index (χ0v) is 13.6. The van der Waals surface area contributed by atoms with Gasteiger partial charge in [-0.25, -0.2) is 4.98 Å². The fourth-order valence-corrected chi connectivity index (χ4v) is 2.00. The van der Waals surface area contributed by atoms with Crippen LogP contribution in [0.3, 0.4) is 0 Å². The highest BCUT2D eigenvalue weighted by atomic mass is 35.5. The first-order chi connectivity index (χ1) is 11.4. The molecule has 0 bridgehead atoms. The van der Waals surface area contributed by atoms with Crippen molar-refractivity contribution in [1.82, 2.24) is 10.3 Å². The van der Waals surface area contributed by atoms with E-state index in [1.807, 2.05) is 0 Å². The van der Waals surface area contributed by atoms with Gasteiger partial charge in [0.1, 0.15) is 11.7 Å². The first-order valence-corrected chi connectivity index (χ1v) is 7.35. The van der Waals surface area contributed by atoms with Crippen molar-refractivity contribution in [3.05, 3.63) is 57.8 Å². The van der Waals surface area contributed by atoms with Gasteiger partial charge in [-0.3, -0.25) is 14.4 Å². The van der Waals surface area contributed by atoms with E-state index in [1.165, 1.54) is 36.5 Å². The number of rotatable bonds is 5. The van der Waals surface area contributed by atoms with E-state index in [1.54, 1.807) is 0 Å². The van der Waals surface area contributed by atoms with Gasteiger partial charge in [0.2, 0.25) is 0 Å². The summed E-state index contributed by atoms with van der Waals surface area (Å²) in [5.41, 5.74) is 0.626. The van der Waals surface area contributed by atoms with Crippen molar-refractivity contribution in [2.24, 2.45) is 0 Å². The van der Waals surface area contributed by atoms with Gasteiger partial charge in [-0.1, -0.05) is 23.2 Å². The van der Waals surface area contributed by atoms with Gasteiger partial charge in [0.15, 0.2) is 0 Å². The lowest BCUT2D eigenvalue weighted by Gasteiger charge is -2.09. The molecule has 2 amide bonds. The monoisotopic (exact) mass is 367 g/mol. The molecule has 0 aliphatic rings. The molecule has 1 aromatic carbocycles. The summed E-state index contributed by atoms with van der Waals surface area (Å²) in [7, 11) is 0. The lowest BCUT2D eigenvalue weighted by atomic mass is 10.1. The van der Waals surface area contributed by atoms with Crippen LogP contribution in [-0.4, -0.2) is 34.4 Å². The van der Waals surface area contributed by atoms with E-state index in [-0.39, 0.29) is 27.0 Å². The Labute approximate surface area is 146 Å². The molecule has 0 spiro atoms. The SMILES string of the molecule is O=C(O)CNC(=O)c1ccc(Cl)c(NC(=O)c2ccc(Cl)nc2)c1. The molecule has 2 rings (SSSR count). The minimum atomic E-state index is -1.17. The normalized spacial score (nSPS) is 10.1. The van der Waals surface area contributed by atoms with Crippen LogP contribution in [0, 0.1) is 0 Å². The Bertz CT molecular complexity index is 794. The van der Waals surface area contributed by atoms with Crippen molar-refractivity contribution < 1.29 is 19.5 Å². The Morgan fingerprint density at radius 2 is 1.75 bits per heavy atom. The summed E-state index contributed by atoms with van der Waals surface area (Å²) in [6.45, 7) is -0.514. The second kappa shape index (κ2) is 7.76. The molecule has 0 unspecified atom stereocenters. The number of nitrogens with zero attached hydrogens (tertiary/aromatic N) is 1. The third-order valence-electron chi connectivity index (χ3n) is 2.87. The molecule has 7 nitrogen and oxygen atoms in total. The topological polar surface area (TPSA) is 108 Å². The standard InChI is InChI=1S/C15H11Cl2N3O4/c16-10-3-1-8(14(23)19-7-13(21)22)5-11(10)20-15(24)9-2-4-12(17)18-6-9/h1-6H,7H2,(H,19,23)(H,20,24)(H,21,22). The lowest BCUT2D eigenvalue weighted by Crippen LogP contribution is -2.29. The summed E-state index contributed by atoms with van der Waals surface area (Å²) in [6.07, 6.45) is 1.30. The fourth-order valence-electron chi connectivity index (χ4n) is 1.72. The molecule has 3 N–H and O–H groups in total. The van der Waals surface area contributed by atoms with Gasteiger partial charge in [0.25, 0.3) is 11.8 Å². The number of benzene rings is 1. The summed E-state index contributed by atoms with van der Waals surface area (Å²) >= 11 is 11.7. The van der Waals surface area contributed by atoms with Crippen LogP contribution in [0.15, 0.2) is 36.5 Å². The number of hydrogen-bond acceptors (Lipinski definition) is 4. The second-order valence-electron chi connectivity index (χ2n) is 4.59. The number of carboxylic acids is 1. The number of nitrogens with one attached hydrogen (secondary N) is 2. The van der Waals surface area contributed by atoms with E-state index in [0.717, 1.165) is 0 Å². The van der Waals surface area contributed by atoms with Crippen molar-refractivity contribution in [3.63, 3.8) is 0 Å². The summed E-state index contributed by atoms with van der Waals surface area (Å²) < 4.78 is 0. The van der Waals surface area contributed by atoms with Crippen LogP contribution in [0.4, 0.5) is 5.69 Å². The molecule has 124 valence electrons. The van der Waals surface area contributed by atoms with Gasteiger partial charge >= 0.3 is 5.97 Å². The lowest BCUT2D eigenvalue weighted by molar-refractivity contribution is -0.135. The van der Waals surface area contributed by atoms with Crippen LogP contribution in [0.25, 0.3) is 0 Å².